The fourth-order valence-corrected chi connectivity index (χ4v) is 3.16. The number of urea groups is 1. The molecule has 5 nitrogen and oxygen atoms in total. The lowest BCUT2D eigenvalue weighted by molar-refractivity contribution is 0.257. The molecule has 0 atom stereocenters. The standard InChI is InChI=1S/C26H28N2O3/c1-4-31-25-14-10-22(11-15-25)27-26(29)28(23-12-16-24(30-3)17-13-23)19-20(2)18-21-8-6-5-7-9-21/h5-18H,4,19H2,1-3H3,(H,27,29). The molecule has 1 N–H and O–H groups in total. The van der Waals surface area contributed by atoms with Gasteiger partial charge in [-0.05, 0) is 67.9 Å². The molecule has 3 rings (SSSR count). The SMILES string of the molecule is CCOc1ccc(NC(=O)N(CC(C)=Cc2ccccc2)c2ccc(OC)cc2)cc1. The molecule has 31 heavy (non-hydrogen) atoms. The first-order valence-electron chi connectivity index (χ1n) is 10.3. The van der Waals surface area contributed by atoms with E-state index in [1.807, 2.05) is 92.7 Å². The largest absolute Gasteiger partial charge is 0.497 e. The molecular formula is C26H28N2O3. The summed E-state index contributed by atoms with van der Waals surface area (Å²) in [6.45, 7) is 5.01. The fraction of sp³-hybridized carbons (Fsp3) is 0.192. The van der Waals surface area contributed by atoms with Crippen LogP contribution in [0.3, 0.4) is 0 Å². The van der Waals surface area contributed by atoms with Gasteiger partial charge < -0.3 is 14.8 Å². The Bertz CT molecular complexity index is 997. The number of anilines is 2. The summed E-state index contributed by atoms with van der Waals surface area (Å²) in [4.78, 5) is 14.9. The van der Waals surface area contributed by atoms with Gasteiger partial charge in [-0.1, -0.05) is 42.0 Å². The van der Waals surface area contributed by atoms with Crippen LogP contribution < -0.4 is 19.7 Å². The lowest BCUT2D eigenvalue weighted by Gasteiger charge is -2.24. The van der Waals surface area contributed by atoms with Gasteiger partial charge in [-0.15, -0.1) is 0 Å². The molecule has 0 heterocycles. The van der Waals surface area contributed by atoms with Crippen molar-refractivity contribution in [2.45, 2.75) is 13.8 Å². The molecule has 3 aromatic rings. The van der Waals surface area contributed by atoms with Gasteiger partial charge in [0.1, 0.15) is 11.5 Å². The molecule has 0 saturated heterocycles. The van der Waals surface area contributed by atoms with Crippen LogP contribution in [0.25, 0.3) is 6.08 Å². The van der Waals surface area contributed by atoms with Gasteiger partial charge in [-0.25, -0.2) is 4.79 Å². The first-order valence-corrected chi connectivity index (χ1v) is 10.3. The van der Waals surface area contributed by atoms with Crippen molar-refractivity contribution in [2.75, 3.05) is 30.5 Å². The number of hydrogen-bond donors (Lipinski definition) is 1. The number of nitrogens with one attached hydrogen (secondary N) is 1. The topological polar surface area (TPSA) is 50.8 Å². The van der Waals surface area contributed by atoms with Crippen LogP contribution in [0.1, 0.15) is 19.4 Å². The Labute approximate surface area is 183 Å². The Balaban J connectivity index is 1.81. The molecule has 3 aromatic carbocycles. The summed E-state index contributed by atoms with van der Waals surface area (Å²) < 4.78 is 10.7. The molecule has 0 bridgehead atoms. The highest BCUT2D eigenvalue weighted by atomic mass is 16.5. The zero-order valence-corrected chi connectivity index (χ0v) is 18.2. The Morgan fingerprint density at radius 2 is 1.58 bits per heavy atom. The van der Waals surface area contributed by atoms with Crippen LogP contribution in [0, 0.1) is 0 Å². The van der Waals surface area contributed by atoms with Crippen molar-refractivity contribution in [2.24, 2.45) is 0 Å². The molecule has 2 amide bonds. The molecule has 160 valence electrons. The van der Waals surface area contributed by atoms with Gasteiger partial charge in [0.15, 0.2) is 0 Å². The van der Waals surface area contributed by atoms with Gasteiger partial charge in [0.05, 0.1) is 13.7 Å². The molecule has 0 radical (unpaired) electrons. The highest BCUT2D eigenvalue weighted by Crippen LogP contribution is 2.23. The number of carbonyl (C=O) groups excluding carboxylic acids is 1. The van der Waals surface area contributed by atoms with Crippen molar-refractivity contribution >= 4 is 23.5 Å². The number of hydrogen-bond acceptors (Lipinski definition) is 3. The number of nitrogens with zero attached hydrogens (tertiary/aromatic N) is 1. The molecule has 0 saturated carbocycles. The molecule has 0 spiro atoms. The Kier molecular flexibility index (Phi) is 7.71. The molecule has 0 fully saturated rings. The first kappa shape index (κ1) is 22.0. The van der Waals surface area contributed by atoms with E-state index in [4.69, 9.17) is 9.47 Å². The van der Waals surface area contributed by atoms with Crippen LogP contribution in [0.2, 0.25) is 0 Å². The van der Waals surface area contributed by atoms with Crippen LogP contribution in [-0.2, 0) is 0 Å². The summed E-state index contributed by atoms with van der Waals surface area (Å²) >= 11 is 0. The number of benzene rings is 3. The van der Waals surface area contributed by atoms with Gasteiger partial charge in [-0.3, -0.25) is 4.90 Å². The van der Waals surface area contributed by atoms with Gasteiger partial charge in [0, 0.05) is 17.9 Å². The summed E-state index contributed by atoms with van der Waals surface area (Å²) in [5.74, 6) is 1.52. The minimum Gasteiger partial charge on any atom is -0.497 e. The Hall–Kier alpha value is -3.73. The van der Waals surface area contributed by atoms with Crippen LogP contribution >= 0.6 is 0 Å². The second-order valence-corrected chi connectivity index (χ2v) is 7.07. The van der Waals surface area contributed by atoms with Gasteiger partial charge in [-0.2, -0.15) is 0 Å². The van der Waals surface area contributed by atoms with Crippen LogP contribution in [0.4, 0.5) is 16.2 Å². The van der Waals surface area contributed by atoms with E-state index < -0.39 is 0 Å². The highest BCUT2D eigenvalue weighted by molar-refractivity contribution is 6.02. The monoisotopic (exact) mass is 416 g/mol. The number of amides is 2. The zero-order chi connectivity index (χ0) is 22.1. The average Bonchev–Trinajstić information content (AvgIpc) is 2.80. The third-order valence-corrected chi connectivity index (χ3v) is 4.67. The summed E-state index contributed by atoms with van der Waals surface area (Å²) in [6.07, 6.45) is 2.08. The van der Waals surface area contributed by atoms with Gasteiger partial charge in [0.25, 0.3) is 0 Å². The van der Waals surface area contributed by atoms with E-state index in [-0.39, 0.29) is 6.03 Å². The third-order valence-electron chi connectivity index (χ3n) is 4.67. The molecule has 5 heteroatoms. The summed E-state index contributed by atoms with van der Waals surface area (Å²) in [5.41, 5.74) is 3.65. The minimum absolute atomic E-state index is 0.213. The zero-order valence-electron chi connectivity index (χ0n) is 18.2. The molecule has 0 aromatic heterocycles. The maximum absolute atomic E-state index is 13.2. The lowest BCUT2D eigenvalue weighted by Crippen LogP contribution is -2.36. The number of ether oxygens (including phenoxy) is 2. The predicted octanol–water partition coefficient (Wildman–Crippen LogP) is 6.24. The molecule has 0 aliphatic carbocycles. The van der Waals surface area contributed by atoms with Crippen LogP contribution in [0.15, 0.2) is 84.4 Å². The Morgan fingerprint density at radius 1 is 0.935 bits per heavy atom. The number of carbonyl (C=O) groups is 1. The van der Waals surface area contributed by atoms with E-state index in [2.05, 4.69) is 11.4 Å². The smallest absolute Gasteiger partial charge is 0.326 e. The lowest BCUT2D eigenvalue weighted by atomic mass is 10.1. The van der Waals surface area contributed by atoms with E-state index >= 15 is 0 Å². The van der Waals surface area contributed by atoms with Crippen molar-refractivity contribution in [3.8, 4) is 11.5 Å². The molecule has 0 unspecified atom stereocenters. The van der Waals surface area contributed by atoms with Crippen LogP contribution in [-0.4, -0.2) is 26.3 Å². The predicted molar refractivity (Wildman–Crippen MR) is 127 cm³/mol. The molecular weight excluding hydrogens is 388 g/mol. The third kappa shape index (κ3) is 6.37. The second-order valence-electron chi connectivity index (χ2n) is 7.07. The quantitative estimate of drug-likeness (QED) is 0.473. The second kappa shape index (κ2) is 10.9. The summed E-state index contributed by atoms with van der Waals surface area (Å²) in [6, 6.07) is 24.7. The Morgan fingerprint density at radius 3 is 2.19 bits per heavy atom. The maximum Gasteiger partial charge on any atom is 0.326 e. The molecule has 0 aliphatic heterocycles. The van der Waals surface area contributed by atoms with E-state index in [1.54, 1.807) is 12.0 Å². The summed E-state index contributed by atoms with van der Waals surface area (Å²) in [5, 5.41) is 2.98. The summed E-state index contributed by atoms with van der Waals surface area (Å²) in [7, 11) is 1.62. The fourth-order valence-electron chi connectivity index (χ4n) is 3.16. The van der Waals surface area contributed by atoms with Crippen molar-refractivity contribution in [1.82, 2.24) is 0 Å². The van der Waals surface area contributed by atoms with Crippen molar-refractivity contribution < 1.29 is 14.3 Å². The highest BCUT2D eigenvalue weighted by Gasteiger charge is 2.17. The molecule has 0 aliphatic rings. The van der Waals surface area contributed by atoms with Crippen LogP contribution in [0.5, 0.6) is 11.5 Å². The maximum atomic E-state index is 13.2. The minimum atomic E-state index is -0.213. The number of methoxy groups -OCH3 is 1. The number of rotatable bonds is 8. The average molecular weight is 417 g/mol. The van der Waals surface area contributed by atoms with E-state index in [1.165, 1.54) is 0 Å². The van der Waals surface area contributed by atoms with E-state index in [9.17, 15) is 4.79 Å². The van der Waals surface area contributed by atoms with E-state index in [0.29, 0.717) is 18.8 Å². The van der Waals surface area contributed by atoms with Crippen molar-refractivity contribution in [3.05, 3.63) is 90.0 Å². The van der Waals surface area contributed by atoms with Gasteiger partial charge in [0.2, 0.25) is 0 Å². The van der Waals surface area contributed by atoms with E-state index in [0.717, 1.165) is 28.3 Å². The first-order chi connectivity index (χ1) is 15.1. The van der Waals surface area contributed by atoms with Crippen molar-refractivity contribution in [1.29, 1.82) is 0 Å². The van der Waals surface area contributed by atoms with Crippen molar-refractivity contribution in [3.63, 3.8) is 0 Å². The normalized spacial score (nSPS) is 11.0. The van der Waals surface area contributed by atoms with Gasteiger partial charge >= 0.3 is 6.03 Å².